The van der Waals surface area contributed by atoms with Crippen molar-refractivity contribution in [3.05, 3.63) is 68.9 Å². The monoisotopic (exact) mass is 341 g/mol. The Morgan fingerprint density at radius 3 is 2.74 bits per heavy atom. The van der Waals surface area contributed by atoms with E-state index < -0.39 is 0 Å². The van der Waals surface area contributed by atoms with Gasteiger partial charge in [0.25, 0.3) is 0 Å². The maximum absolute atomic E-state index is 14.0. The lowest BCUT2D eigenvalue weighted by Gasteiger charge is -2.20. The number of rotatable bonds is 4. The molecule has 0 saturated carbocycles. The molecule has 1 atom stereocenters. The van der Waals surface area contributed by atoms with Gasteiger partial charge in [-0.3, -0.25) is 0 Å². The summed E-state index contributed by atoms with van der Waals surface area (Å²) in [4.78, 5) is 0. The van der Waals surface area contributed by atoms with E-state index in [-0.39, 0.29) is 11.9 Å². The van der Waals surface area contributed by atoms with Gasteiger partial charge in [0.2, 0.25) is 0 Å². The summed E-state index contributed by atoms with van der Waals surface area (Å²) in [5.41, 5.74) is 1.56. The summed E-state index contributed by atoms with van der Waals surface area (Å²) in [6.45, 7) is 2.73. The van der Waals surface area contributed by atoms with Gasteiger partial charge in [-0.25, -0.2) is 4.39 Å². The van der Waals surface area contributed by atoms with Crippen LogP contribution in [-0.2, 0) is 0 Å². The predicted molar refractivity (Wildman–Crippen MR) is 81.1 cm³/mol. The summed E-state index contributed by atoms with van der Waals surface area (Å²) in [7, 11) is 0. The minimum Gasteiger partial charge on any atom is -0.306 e. The highest BCUT2D eigenvalue weighted by molar-refractivity contribution is 9.10. The molecule has 2 rings (SSSR count). The van der Waals surface area contributed by atoms with Gasteiger partial charge in [-0.2, -0.15) is 0 Å². The molecular weight excluding hydrogens is 329 g/mol. The van der Waals surface area contributed by atoms with Crippen molar-refractivity contribution in [1.82, 2.24) is 5.32 Å². The van der Waals surface area contributed by atoms with Crippen molar-refractivity contribution >= 4 is 27.5 Å². The van der Waals surface area contributed by atoms with Crippen LogP contribution in [0.25, 0.3) is 0 Å². The van der Waals surface area contributed by atoms with Gasteiger partial charge < -0.3 is 5.32 Å². The maximum Gasteiger partial charge on any atom is 0.128 e. The van der Waals surface area contributed by atoms with E-state index in [9.17, 15) is 4.39 Å². The third-order valence-electron chi connectivity index (χ3n) is 2.86. The number of benzene rings is 2. The smallest absolute Gasteiger partial charge is 0.128 e. The Kier molecular flexibility index (Phi) is 4.97. The molecule has 0 aliphatic rings. The Morgan fingerprint density at radius 2 is 2.05 bits per heavy atom. The van der Waals surface area contributed by atoms with Gasteiger partial charge in [-0.1, -0.05) is 46.6 Å². The van der Waals surface area contributed by atoms with Crippen LogP contribution in [0.1, 0.15) is 24.1 Å². The third kappa shape index (κ3) is 3.56. The normalized spacial score (nSPS) is 12.4. The van der Waals surface area contributed by atoms with Gasteiger partial charge in [0.05, 0.1) is 6.04 Å². The van der Waals surface area contributed by atoms with Crippen molar-refractivity contribution in [3.8, 4) is 0 Å². The van der Waals surface area contributed by atoms with Crippen molar-refractivity contribution in [3.63, 3.8) is 0 Å². The van der Waals surface area contributed by atoms with Gasteiger partial charge in [0, 0.05) is 15.1 Å². The van der Waals surface area contributed by atoms with Gasteiger partial charge in [0.1, 0.15) is 5.82 Å². The molecule has 0 bridgehead atoms. The number of hydrogen-bond donors (Lipinski definition) is 1. The van der Waals surface area contributed by atoms with Gasteiger partial charge >= 0.3 is 0 Å². The Labute approximate surface area is 125 Å². The molecule has 0 aliphatic heterocycles. The molecule has 2 aromatic carbocycles. The lowest BCUT2D eigenvalue weighted by Crippen LogP contribution is -2.23. The summed E-state index contributed by atoms with van der Waals surface area (Å²) in [6.07, 6.45) is 0. The first kappa shape index (κ1) is 14.5. The second-order valence-electron chi connectivity index (χ2n) is 4.21. The minimum absolute atomic E-state index is 0.207. The molecule has 1 nitrogen and oxygen atoms in total. The van der Waals surface area contributed by atoms with E-state index in [4.69, 9.17) is 11.6 Å². The Balaban J connectivity index is 2.48. The SMILES string of the molecule is CCNC(c1cccc(Cl)c1)c1cc(Br)ccc1F. The van der Waals surface area contributed by atoms with E-state index in [0.29, 0.717) is 10.6 Å². The highest BCUT2D eigenvalue weighted by Gasteiger charge is 2.17. The molecule has 0 spiro atoms. The number of hydrogen-bond acceptors (Lipinski definition) is 1. The topological polar surface area (TPSA) is 12.0 Å². The Morgan fingerprint density at radius 1 is 1.26 bits per heavy atom. The van der Waals surface area contributed by atoms with Crippen molar-refractivity contribution in [2.45, 2.75) is 13.0 Å². The lowest BCUT2D eigenvalue weighted by atomic mass is 9.98. The van der Waals surface area contributed by atoms with Crippen LogP contribution >= 0.6 is 27.5 Å². The van der Waals surface area contributed by atoms with E-state index in [1.165, 1.54) is 6.07 Å². The third-order valence-corrected chi connectivity index (χ3v) is 3.59. The van der Waals surface area contributed by atoms with Crippen LogP contribution in [-0.4, -0.2) is 6.54 Å². The molecule has 0 radical (unpaired) electrons. The quantitative estimate of drug-likeness (QED) is 0.830. The van der Waals surface area contributed by atoms with Crippen LogP contribution in [0.5, 0.6) is 0 Å². The van der Waals surface area contributed by atoms with E-state index in [1.807, 2.05) is 31.2 Å². The average molecular weight is 343 g/mol. The summed E-state index contributed by atoms with van der Waals surface area (Å²) in [5, 5.41) is 3.94. The van der Waals surface area contributed by atoms with E-state index >= 15 is 0 Å². The second kappa shape index (κ2) is 6.51. The maximum atomic E-state index is 14.0. The van der Waals surface area contributed by atoms with Crippen LogP contribution in [0.2, 0.25) is 5.02 Å². The standard InChI is InChI=1S/C15H14BrClFN/c1-2-19-15(10-4-3-5-12(17)8-10)13-9-11(16)6-7-14(13)18/h3-9,15,19H,2H2,1H3. The fourth-order valence-corrected chi connectivity index (χ4v) is 2.61. The first-order chi connectivity index (χ1) is 9.11. The summed E-state index contributed by atoms with van der Waals surface area (Å²) >= 11 is 9.40. The molecule has 1 unspecified atom stereocenters. The molecule has 2 aromatic rings. The minimum atomic E-state index is -0.228. The van der Waals surface area contributed by atoms with Crippen LogP contribution < -0.4 is 5.32 Å². The molecule has 0 amide bonds. The lowest BCUT2D eigenvalue weighted by molar-refractivity contribution is 0.558. The summed E-state index contributed by atoms with van der Waals surface area (Å²) < 4.78 is 14.9. The summed E-state index contributed by atoms with van der Waals surface area (Å²) in [5.74, 6) is -0.228. The zero-order valence-corrected chi connectivity index (χ0v) is 12.8. The second-order valence-corrected chi connectivity index (χ2v) is 5.56. The van der Waals surface area contributed by atoms with Crippen molar-refractivity contribution in [2.75, 3.05) is 6.54 Å². The van der Waals surface area contributed by atoms with E-state index in [1.54, 1.807) is 12.1 Å². The molecule has 19 heavy (non-hydrogen) atoms. The summed E-state index contributed by atoms with van der Waals surface area (Å²) in [6, 6.07) is 12.2. The molecule has 1 N–H and O–H groups in total. The van der Waals surface area contributed by atoms with Crippen molar-refractivity contribution in [2.24, 2.45) is 0 Å². The molecular formula is C15H14BrClFN. The highest BCUT2D eigenvalue weighted by Crippen LogP contribution is 2.28. The zero-order valence-electron chi connectivity index (χ0n) is 10.5. The zero-order chi connectivity index (χ0) is 13.8. The first-order valence-corrected chi connectivity index (χ1v) is 7.22. The molecule has 0 heterocycles. The fourth-order valence-electron chi connectivity index (χ4n) is 2.03. The van der Waals surface area contributed by atoms with Crippen molar-refractivity contribution in [1.29, 1.82) is 0 Å². The highest BCUT2D eigenvalue weighted by atomic mass is 79.9. The molecule has 0 saturated heterocycles. The molecule has 0 aliphatic carbocycles. The molecule has 0 fully saturated rings. The number of halogens is 3. The van der Waals surface area contributed by atoms with Gasteiger partial charge in [-0.15, -0.1) is 0 Å². The Hall–Kier alpha value is -0.900. The largest absolute Gasteiger partial charge is 0.306 e. The predicted octanol–water partition coefficient (Wildman–Crippen LogP) is 4.94. The van der Waals surface area contributed by atoms with Crippen LogP contribution in [0.15, 0.2) is 46.9 Å². The number of nitrogens with one attached hydrogen (secondary N) is 1. The first-order valence-electron chi connectivity index (χ1n) is 6.05. The molecule has 0 aromatic heterocycles. The van der Waals surface area contributed by atoms with Gasteiger partial charge in [-0.05, 0) is 42.4 Å². The van der Waals surface area contributed by atoms with Crippen LogP contribution in [0.4, 0.5) is 4.39 Å². The molecule has 100 valence electrons. The van der Waals surface area contributed by atoms with Crippen LogP contribution in [0.3, 0.4) is 0 Å². The fraction of sp³-hybridized carbons (Fsp3) is 0.200. The van der Waals surface area contributed by atoms with Crippen LogP contribution in [0, 0.1) is 5.82 Å². The van der Waals surface area contributed by atoms with E-state index in [2.05, 4.69) is 21.2 Å². The Bertz CT molecular complexity index is 574. The molecule has 4 heteroatoms. The van der Waals surface area contributed by atoms with Gasteiger partial charge in [0.15, 0.2) is 0 Å². The average Bonchev–Trinajstić information content (AvgIpc) is 2.39. The van der Waals surface area contributed by atoms with E-state index in [0.717, 1.165) is 16.6 Å². The van der Waals surface area contributed by atoms with Crippen molar-refractivity contribution < 1.29 is 4.39 Å².